The Balaban J connectivity index is 2.05. The molecule has 0 saturated heterocycles. The van der Waals surface area contributed by atoms with E-state index in [-0.39, 0.29) is 5.91 Å². The standard InChI is InChI=1S/C14H22N4O2S/c1-20-8-7-18-10-11(9-16-18)17-13(19)14(12(15)21)5-3-2-4-6-14/h9-10H,2-8H2,1H3,(H2,15,21)(H,17,19). The molecule has 21 heavy (non-hydrogen) atoms. The van der Waals surface area contributed by atoms with Crippen molar-refractivity contribution in [3.8, 4) is 0 Å². The summed E-state index contributed by atoms with van der Waals surface area (Å²) in [5.41, 5.74) is 5.82. The molecule has 1 aromatic rings. The van der Waals surface area contributed by atoms with Crippen LogP contribution in [-0.2, 0) is 16.1 Å². The molecule has 0 aliphatic heterocycles. The lowest BCUT2D eigenvalue weighted by molar-refractivity contribution is -0.123. The van der Waals surface area contributed by atoms with Gasteiger partial charge in [-0.3, -0.25) is 9.48 Å². The topological polar surface area (TPSA) is 82.2 Å². The van der Waals surface area contributed by atoms with E-state index in [4.69, 9.17) is 22.7 Å². The molecule has 0 unspecified atom stereocenters. The van der Waals surface area contributed by atoms with Gasteiger partial charge in [0.1, 0.15) is 0 Å². The van der Waals surface area contributed by atoms with Gasteiger partial charge in [-0.15, -0.1) is 0 Å². The van der Waals surface area contributed by atoms with E-state index in [1.54, 1.807) is 24.2 Å². The minimum atomic E-state index is -0.706. The second kappa shape index (κ2) is 7.00. The number of nitrogens with one attached hydrogen (secondary N) is 1. The third-order valence-corrected chi connectivity index (χ3v) is 4.42. The molecule has 0 atom stereocenters. The Morgan fingerprint density at radius 1 is 1.52 bits per heavy atom. The van der Waals surface area contributed by atoms with E-state index in [1.807, 2.05) is 0 Å². The Kier molecular flexibility index (Phi) is 5.30. The van der Waals surface area contributed by atoms with Crippen molar-refractivity contribution in [1.82, 2.24) is 9.78 Å². The summed E-state index contributed by atoms with van der Waals surface area (Å²) < 4.78 is 6.73. The maximum absolute atomic E-state index is 12.6. The van der Waals surface area contributed by atoms with Gasteiger partial charge >= 0.3 is 0 Å². The first-order valence-corrected chi connectivity index (χ1v) is 7.62. The summed E-state index contributed by atoms with van der Waals surface area (Å²) in [6.07, 6.45) is 7.97. The molecule has 1 amide bonds. The fourth-order valence-electron chi connectivity index (χ4n) is 2.73. The van der Waals surface area contributed by atoms with E-state index in [2.05, 4.69) is 10.4 Å². The fraction of sp³-hybridized carbons (Fsp3) is 0.643. The molecule has 116 valence electrons. The van der Waals surface area contributed by atoms with E-state index in [0.717, 1.165) is 32.1 Å². The van der Waals surface area contributed by atoms with Crippen molar-refractivity contribution in [2.24, 2.45) is 11.1 Å². The zero-order valence-electron chi connectivity index (χ0n) is 12.3. The summed E-state index contributed by atoms with van der Waals surface area (Å²) >= 11 is 5.16. The van der Waals surface area contributed by atoms with Crippen LogP contribution in [0.2, 0.25) is 0 Å². The normalized spacial score (nSPS) is 17.4. The number of hydrogen-bond acceptors (Lipinski definition) is 4. The average molecular weight is 310 g/mol. The zero-order chi connectivity index (χ0) is 15.3. The monoisotopic (exact) mass is 310 g/mol. The number of thiocarbonyl (C=S) groups is 1. The van der Waals surface area contributed by atoms with Gasteiger partial charge < -0.3 is 15.8 Å². The number of nitrogens with two attached hydrogens (primary N) is 1. The van der Waals surface area contributed by atoms with Gasteiger partial charge in [-0.1, -0.05) is 31.5 Å². The van der Waals surface area contributed by atoms with E-state index in [1.165, 1.54) is 0 Å². The Morgan fingerprint density at radius 2 is 2.24 bits per heavy atom. The molecule has 1 aromatic heterocycles. The van der Waals surface area contributed by atoms with Crippen LogP contribution in [0.15, 0.2) is 12.4 Å². The van der Waals surface area contributed by atoms with Gasteiger partial charge in [-0.25, -0.2) is 0 Å². The summed E-state index contributed by atoms with van der Waals surface area (Å²) in [5, 5.41) is 7.08. The van der Waals surface area contributed by atoms with Crippen molar-refractivity contribution in [1.29, 1.82) is 0 Å². The lowest BCUT2D eigenvalue weighted by atomic mass is 9.73. The molecule has 7 heteroatoms. The highest BCUT2D eigenvalue weighted by Gasteiger charge is 2.42. The number of rotatable bonds is 6. The van der Waals surface area contributed by atoms with Crippen LogP contribution in [0.3, 0.4) is 0 Å². The van der Waals surface area contributed by atoms with Gasteiger partial charge in [-0.05, 0) is 12.8 Å². The maximum atomic E-state index is 12.6. The van der Waals surface area contributed by atoms with Gasteiger partial charge in [0.2, 0.25) is 5.91 Å². The molecule has 1 heterocycles. The minimum Gasteiger partial charge on any atom is -0.392 e. The van der Waals surface area contributed by atoms with Gasteiger partial charge in [0.25, 0.3) is 0 Å². The van der Waals surface area contributed by atoms with Crippen LogP contribution in [0.4, 0.5) is 5.69 Å². The SMILES string of the molecule is COCCn1cc(NC(=O)C2(C(N)=S)CCCCC2)cn1. The largest absolute Gasteiger partial charge is 0.392 e. The Morgan fingerprint density at radius 3 is 2.86 bits per heavy atom. The van der Waals surface area contributed by atoms with Crippen LogP contribution in [0.5, 0.6) is 0 Å². The van der Waals surface area contributed by atoms with Crippen molar-refractivity contribution in [2.45, 2.75) is 38.6 Å². The molecule has 1 aliphatic rings. The maximum Gasteiger partial charge on any atom is 0.237 e. The molecule has 6 nitrogen and oxygen atoms in total. The fourth-order valence-corrected chi connectivity index (χ4v) is 3.02. The van der Waals surface area contributed by atoms with Gasteiger partial charge in [-0.2, -0.15) is 5.10 Å². The molecule has 0 bridgehead atoms. The molecule has 1 aliphatic carbocycles. The minimum absolute atomic E-state index is 0.110. The molecule has 0 spiro atoms. The number of amides is 1. The van der Waals surface area contributed by atoms with Crippen LogP contribution >= 0.6 is 12.2 Å². The molecular weight excluding hydrogens is 288 g/mol. The highest BCUT2D eigenvalue weighted by Crippen LogP contribution is 2.37. The summed E-state index contributed by atoms with van der Waals surface area (Å²) in [4.78, 5) is 12.9. The second-order valence-electron chi connectivity index (χ2n) is 5.45. The third-order valence-electron chi connectivity index (χ3n) is 4.03. The van der Waals surface area contributed by atoms with Crippen LogP contribution in [0.25, 0.3) is 0 Å². The number of nitrogens with zero attached hydrogens (tertiary/aromatic N) is 2. The zero-order valence-corrected chi connectivity index (χ0v) is 13.1. The van der Waals surface area contributed by atoms with Crippen molar-refractivity contribution in [3.05, 3.63) is 12.4 Å². The van der Waals surface area contributed by atoms with Crippen molar-refractivity contribution in [3.63, 3.8) is 0 Å². The number of carbonyl (C=O) groups is 1. The number of aromatic nitrogens is 2. The second-order valence-corrected chi connectivity index (χ2v) is 5.89. The number of carbonyl (C=O) groups excluding carboxylic acids is 1. The van der Waals surface area contributed by atoms with Gasteiger partial charge in [0.05, 0.1) is 35.4 Å². The molecule has 0 radical (unpaired) electrons. The van der Waals surface area contributed by atoms with Gasteiger partial charge in [0.15, 0.2) is 0 Å². The van der Waals surface area contributed by atoms with E-state index < -0.39 is 5.41 Å². The van der Waals surface area contributed by atoms with Crippen molar-refractivity contribution in [2.75, 3.05) is 19.0 Å². The van der Waals surface area contributed by atoms with Crippen LogP contribution in [0.1, 0.15) is 32.1 Å². The lowest BCUT2D eigenvalue weighted by Gasteiger charge is -2.34. The first kappa shape index (κ1) is 15.9. The molecule has 1 saturated carbocycles. The van der Waals surface area contributed by atoms with Crippen LogP contribution in [-0.4, -0.2) is 34.4 Å². The highest BCUT2D eigenvalue weighted by atomic mass is 32.1. The smallest absolute Gasteiger partial charge is 0.237 e. The Hall–Kier alpha value is -1.47. The summed E-state index contributed by atoms with van der Waals surface area (Å²) in [7, 11) is 1.64. The van der Waals surface area contributed by atoms with Gasteiger partial charge in [0, 0.05) is 13.3 Å². The Bertz CT molecular complexity index is 509. The number of anilines is 1. The molecule has 3 N–H and O–H groups in total. The molecular formula is C14H22N4O2S. The summed E-state index contributed by atoms with van der Waals surface area (Å²) in [5.74, 6) is -0.110. The first-order chi connectivity index (χ1) is 10.1. The number of ether oxygens (including phenoxy) is 1. The van der Waals surface area contributed by atoms with Crippen molar-refractivity contribution < 1.29 is 9.53 Å². The first-order valence-electron chi connectivity index (χ1n) is 7.21. The predicted octanol–water partition coefficient (Wildman–Crippen LogP) is 1.70. The van der Waals surface area contributed by atoms with Crippen LogP contribution in [0, 0.1) is 5.41 Å². The Labute approximate surface area is 130 Å². The molecule has 1 fully saturated rings. The highest BCUT2D eigenvalue weighted by molar-refractivity contribution is 7.80. The van der Waals surface area contributed by atoms with E-state index >= 15 is 0 Å². The van der Waals surface area contributed by atoms with Crippen LogP contribution < -0.4 is 11.1 Å². The predicted molar refractivity (Wildman–Crippen MR) is 85.0 cm³/mol. The molecule has 0 aromatic carbocycles. The lowest BCUT2D eigenvalue weighted by Crippen LogP contribution is -2.47. The number of methoxy groups -OCH3 is 1. The van der Waals surface area contributed by atoms with Crippen molar-refractivity contribution >= 4 is 28.8 Å². The van der Waals surface area contributed by atoms with E-state index in [9.17, 15) is 4.79 Å². The average Bonchev–Trinajstić information content (AvgIpc) is 2.93. The molecule has 2 rings (SSSR count). The van der Waals surface area contributed by atoms with E-state index in [0.29, 0.717) is 23.8 Å². The summed E-state index contributed by atoms with van der Waals surface area (Å²) in [6, 6.07) is 0. The quantitative estimate of drug-likeness (QED) is 0.782. The summed E-state index contributed by atoms with van der Waals surface area (Å²) in [6.45, 7) is 1.22. The number of hydrogen-bond donors (Lipinski definition) is 2. The third kappa shape index (κ3) is 3.59.